The number of carboxylic acid groups (broad SMARTS) is 1. The first-order valence-electron chi connectivity index (χ1n) is 11.3. The first-order valence-corrected chi connectivity index (χ1v) is 11.3. The first kappa shape index (κ1) is 20.6. The maximum Gasteiger partial charge on any atom is 0.303 e. The molecule has 160 valence electrons. The van der Waals surface area contributed by atoms with Crippen molar-refractivity contribution < 1.29 is 25.2 Å². The molecule has 7 unspecified atom stereocenters. The number of aliphatic hydroxyl groups excluding tert-OH is 3. The van der Waals surface area contributed by atoms with Gasteiger partial charge in [0.25, 0.3) is 0 Å². The van der Waals surface area contributed by atoms with Crippen LogP contribution in [0.15, 0.2) is 0 Å². The number of hydrogen-bond acceptors (Lipinski definition) is 4. The number of carboxylic acids is 1. The third-order valence-electron chi connectivity index (χ3n) is 10.0. The molecule has 0 radical (unpaired) electrons. The summed E-state index contributed by atoms with van der Waals surface area (Å²) in [4.78, 5) is 11.3. The van der Waals surface area contributed by atoms with Gasteiger partial charge in [0, 0.05) is 6.42 Å². The fourth-order valence-electron chi connectivity index (χ4n) is 8.55. The normalized spacial score (nSPS) is 54.4. The molecule has 4 saturated carbocycles. The fraction of sp³-hybridized carbons (Fsp3) is 0.957. The molecule has 4 fully saturated rings. The van der Waals surface area contributed by atoms with Crippen molar-refractivity contribution >= 4 is 5.97 Å². The average molecular weight is 395 g/mol. The monoisotopic (exact) mass is 394 g/mol. The lowest BCUT2D eigenvalue weighted by Crippen LogP contribution is -2.62. The zero-order valence-corrected chi connectivity index (χ0v) is 17.6. The van der Waals surface area contributed by atoms with Crippen LogP contribution in [0.5, 0.6) is 0 Å². The van der Waals surface area contributed by atoms with Gasteiger partial charge in [-0.2, -0.15) is 0 Å². The minimum absolute atomic E-state index is 0.0348. The molecule has 0 saturated heterocycles. The van der Waals surface area contributed by atoms with Crippen molar-refractivity contribution in [2.45, 2.75) is 90.4 Å². The highest BCUT2D eigenvalue weighted by molar-refractivity contribution is 5.67. The predicted octanol–water partition coefficient (Wildman–Crippen LogP) is 3.06. The van der Waals surface area contributed by atoms with Gasteiger partial charge in [-0.3, -0.25) is 4.79 Å². The van der Waals surface area contributed by atoms with E-state index in [1.807, 2.05) is 6.92 Å². The summed E-state index contributed by atoms with van der Waals surface area (Å²) < 4.78 is 0. The second-order valence-electron chi connectivity index (χ2n) is 11.1. The SMILES string of the molecule is CC(CC(=O)O)C1CCC2C3C(O)CC4C[C@@H](O)CC[C@@]4(C)C3C[C@@H](O)[C@@]12C. The Morgan fingerprint density at radius 3 is 2.43 bits per heavy atom. The largest absolute Gasteiger partial charge is 0.481 e. The summed E-state index contributed by atoms with van der Waals surface area (Å²) >= 11 is 0. The van der Waals surface area contributed by atoms with E-state index in [1.54, 1.807) is 0 Å². The Labute approximate surface area is 168 Å². The van der Waals surface area contributed by atoms with Gasteiger partial charge in [-0.25, -0.2) is 0 Å². The number of hydrogen-bond donors (Lipinski definition) is 4. The van der Waals surface area contributed by atoms with Gasteiger partial charge in [-0.15, -0.1) is 0 Å². The number of rotatable bonds is 3. The minimum Gasteiger partial charge on any atom is -0.481 e. The molecule has 0 spiro atoms. The molecule has 11 atom stereocenters. The summed E-state index contributed by atoms with van der Waals surface area (Å²) in [5, 5.41) is 42.1. The van der Waals surface area contributed by atoms with E-state index in [1.165, 1.54) is 0 Å². The average Bonchev–Trinajstić information content (AvgIpc) is 2.95. The van der Waals surface area contributed by atoms with Gasteiger partial charge in [0.2, 0.25) is 0 Å². The van der Waals surface area contributed by atoms with Gasteiger partial charge < -0.3 is 20.4 Å². The molecule has 4 rings (SSSR count). The third-order valence-corrected chi connectivity index (χ3v) is 10.0. The molecule has 0 heterocycles. The van der Waals surface area contributed by atoms with Gasteiger partial charge in [0.05, 0.1) is 18.3 Å². The molecule has 0 aromatic heterocycles. The van der Waals surface area contributed by atoms with E-state index in [4.69, 9.17) is 0 Å². The molecule has 4 aliphatic carbocycles. The zero-order chi connectivity index (χ0) is 20.4. The Morgan fingerprint density at radius 2 is 1.75 bits per heavy atom. The zero-order valence-electron chi connectivity index (χ0n) is 17.6. The third kappa shape index (κ3) is 2.87. The van der Waals surface area contributed by atoms with Crippen LogP contribution in [0.1, 0.15) is 72.1 Å². The van der Waals surface area contributed by atoms with Crippen molar-refractivity contribution in [1.82, 2.24) is 0 Å². The van der Waals surface area contributed by atoms with E-state index in [-0.39, 0.29) is 59.0 Å². The Kier molecular flexibility index (Phi) is 5.12. The van der Waals surface area contributed by atoms with Crippen LogP contribution < -0.4 is 0 Å². The second kappa shape index (κ2) is 6.95. The lowest BCUT2D eigenvalue weighted by molar-refractivity contribution is -0.207. The van der Waals surface area contributed by atoms with Gasteiger partial charge in [0.15, 0.2) is 0 Å². The smallest absolute Gasteiger partial charge is 0.303 e. The molecule has 5 nitrogen and oxygen atoms in total. The molecular weight excluding hydrogens is 356 g/mol. The molecule has 4 aliphatic rings. The Bertz CT molecular complexity index is 622. The number of aliphatic hydroxyl groups is 3. The van der Waals surface area contributed by atoms with E-state index < -0.39 is 12.1 Å². The van der Waals surface area contributed by atoms with Crippen LogP contribution in [-0.4, -0.2) is 44.7 Å². The van der Waals surface area contributed by atoms with E-state index in [2.05, 4.69) is 13.8 Å². The molecule has 5 heteroatoms. The lowest BCUT2D eigenvalue weighted by atomic mass is 9.43. The highest BCUT2D eigenvalue weighted by atomic mass is 16.4. The summed E-state index contributed by atoms with van der Waals surface area (Å²) in [6.07, 6.45) is 5.02. The number of fused-ring (bicyclic) bond motifs is 5. The van der Waals surface area contributed by atoms with Crippen LogP contribution in [0.25, 0.3) is 0 Å². The summed E-state index contributed by atoms with van der Waals surface area (Å²) in [6, 6.07) is 0. The molecule has 0 aliphatic heterocycles. The van der Waals surface area contributed by atoms with Crippen molar-refractivity contribution in [2.24, 2.45) is 46.3 Å². The highest BCUT2D eigenvalue weighted by Gasteiger charge is 2.65. The lowest BCUT2D eigenvalue weighted by Gasteiger charge is -2.63. The van der Waals surface area contributed by atoms with Gasteiger partial charge in [-0.1, -0.05) is 20.8 Å². The maximum atomic E-state index is 11.4. The van der Waals surface area contributed by atoms with Crippen LogP contribution in [0.2, 0.25) is 0 Å². The topological polar surface area (TPSA) is 98.0 Å². The van der Waals surface area contributed by atoms with E-state index in [0.717, 1.165) is 38.5 Å². The minimum atomic E-state index is -0.767. The van der Waals surface area contributed by atoms with Gasteiger partial charge in [0.1, 0.15) is 0 Å². The summed E-state index contributed by atoms with van der Waals surface area (Å²) in [7, 11) is 0. The molecule has 0 aromatic rings. The summed E-state index contributed by atoms with van der Waals surface area (Å²) in [6.45, 7) is 6.52. The standard InChI is InChI=1S/C23H38O5/c1-12(8-20(27)28)15-4-5-16-21-17(11-19(26)23(15,16)3)22(2)7-6-14(24)9-13(22)10-18(21)25/h12-19,21,24-26H,4-11H2,1-3H3,(H,27,28)/t12?,13?,14-,15?,16?,17?,18?,19+,21?,22+,23-/m0/s1. The van der Waals surface area contributed by atoms with Crippen molar-refractivity contribution in [2.75, 3.05) is 0 Å². The Morgan fingerprint density at radius 1 is 1.04 bits per heavy atom. The number of carbonyl (C=O) groups is 1. The quantitative estimate of drug-likeness (QED) is 0.590. The highest BCUT2D eigenvalue weighted by Crippen LogP contribution is 2.68. The van der Waals surface area contributed by atoms with Crippen molar-refractivity contribution in [1.29, 1.82) is 0 Å². The molecule has 28 heavy (non-hydrogen) atoms. The second-order valence-corrected chi connectivity index (χ2v) is 11.1. The molecule has 4 N–H and O–H groups in total. The predicted molar refractivity (Wildman–Crippen MR) is 105 cm³/mol. The Balaban J connectivity index is 1.65. The first-order chi connectivity index (χ1) is 13.1. The molecular formula is C23H38O5. The Hall–Kier alpha value is -0.650. The maximum absolute atomic E-state index is 11.4. The van der Waals surface area contributed by atoms with Crippen molar-refractivity contribution in [3.8, 4) is 0 Å². The van der Waals surface area contributed by atoms with E-state index in [9.17, 15) is 25.2 Å². The van der Waals surface area contributed by atoms with Crippen LogP contribution in [0.4, 0.5) is 0 Å². The van der Waals surface area contributed by atoms with E-state index in [0.29, 0.717) is 12.3 Å². The van der Waals surface area contributed by atoms with Crippen LogP contribution in [0, 0.1) is 46.3 Å². The van der Waals surface area contributed by atoms with Gasteiger partial charge in [-0.05, 0) is 91.3 Å². The van der Waals surface area contributed by atoms with Crippen LogP contribution in [-0.2, 0) is 4.79 Å². The molecule has 0 amide bonds. The summed E-state index contributed by atoms with van der Waals surface area (Å²) in [5.41, 5.74) is -0.232. The molecule has 0 bridgehead atoms. The van der Waals surface area contributed by atoms with Crippen molar-refractivity contribution in [3.63, 3.8) is 0 Å². The molecule has 0 aromatic carbocycles. The summed E-state index contributed by atoms with van der Waals surface area (Å²) in [5.74, 6) is 0.510. The number of aliphatic carboxylic acids is 1. The van der Waals surface area contributed by atoms with Crippen LogP contribution in [0.3, 0.4) is 0 Å². The van der Waals surface area contributed by atoms with Crippen LogP contribution >= 0.6 is 0 Å². The van der Waals surface area contributed by atoms with E-state index >= 15 is 0 Å². The van der Waals surface area contributed by atoms with Crippen molar-refractivity contribution in [3.05, 3.63) is 0 Å². The van der Waals surface area contributed by atoms with Gasteiger partial charge >= 0.3 is 5.97 Å². The fourth-order valence-corrected chi connectivity index (χ4v) is 8.55.